The minimum atomic E-state index is -0.368. The Bertz CT molecular complexity index is 1410. The number of anilines is 1. The molecule has 1 saturated carbocycles. The van der Waals surface area contributed by atoms with Crippen molar-refractivity contribution in [2.45, 2.75) is 70.7 Å². The molecule has 2 aliphatic rings. The SMILES string of the molecule is C[C@@H]1CN([C@H](C)CO)C(=O)c2cc(NC(=O)NC3CCCCC3)ccc2O[C@@H]1CN(C)Cc1ccc(Oc2ccccc2)cc1. The lowest BCUT2D eigenvalue weighted by atomic mass is 9.96. The quantitative estimate of drug-likeness (QED) is 0.248. The van der Waals surface area contributed by atoms with E-state index < -0.39 is 0 Å². The Balaban J connectivity index is 1.28. The Morgan fingerprint density at radius 1 is 1.04 bits per heavy atom. The fourth-order valence-electron chi connectivity index (χ4n) is 6.09. The summed E-state index contributed by atoms with van der Waals surface area (Å²) in [5.74, 6) is 1.83. The summed E-state index contributed by atoms with van der Waals surface area (Å²) in [6, 6.07) is 22.6. The molecule has 0 spiro atoms. The smallest absolute Gasteiger partial charge is 0.319 e. The first-order valence-corrected chi connectivity index (χ1v) is 16.1. The van der Waals surface area contributed by atoms with Gasteiger partial charge in [-0.1, -0.05) is 56.5 Å². The number of para-hydroxylation sites is 1. The second-order valence-corrected chi connectivity index (χ2v) is 12.5. The summed E-state index contributed by atoms with van der Waals surface area (Å²) in [6.45, 7) is 5.55. The first kappa shape index (κ1) is 32.3. The van der Waals surface area contributed by atoms with Crippen LogP contribution < -0.4 is 20.1 Å². The molecule has 9 heteroatoms. The molecule has 0 aromatic heterocycles. The van der Waals surface area contributed by atoms with E-state index in [0.717, 1.165) is 42.7 Å². The van der Waals surface area contributed by atoms with Gasteiger partial charge in [0.1, 0.15) is 23.4 Å². The molecule has 0 unspecified atom stereocenters. The highest BCUT2D eigenvalue weighted by Gasteiger charge is 2.33. The molecule has 1 aliphatic carbocycles. The summed E-state index contributed by atoms with van der Waals surface area (Å²) in [5.41, 5.74) is 2.04. The number of hydrogen-bond donors (Lipinski definition) is 3. The monoisotopic (exact) mass is 614 g/mol. The molecule has 3 atom stereocenters. The highest BCUT2D eigenvalue weighted by atomic mass is 16.5. The molecule has 5 rings (SSSR count). The van der Waals surface area contributed by atoms with Gasteiger partial charge in [-0.25, -0.2) is 4.79 Å². The molecule has 3 aromatic carbocycles. The van der Waals surface area contributed by atoms with Crippen molar-refractivity contribution in [3.05, 3.63) is 83.9 Å². The number of aliphatic hydroxyl groups is 1. The second kappa shape index (κ2) is 15.3. The third kappa shape index (κ3) is 8.77. The number of nitrogens with one attached hydrogen (secondary N) is 2. The summed E-state index contributed by atoms with van der Waals surface area (Å²) in [7, 11) is 2.06. The van der Waals surface area contributed by atoms with Gasteiger partial charge < -0.3 is 30.1 Å². The van der Waals surface area contributed by atoms with E-state index in [2.05, 4.69) is 41.6 Å². The van der Waals surface area contributed by atoms with E-state index in [1.165, 1.54) is 6.42 Å². The second-order valence-electron chi connectivity index (χ2n) is 12.5. The molecule has 0 bridgehead atoms. The van der Waals surface area contributed by atoms with Crippen LogP contribution in [0.5, 0.6) is 17.2 Å². The van der Waals surface area contributed by atoms with Gasteiger partial charge in [0, 0.05) is 37.3 Å². The van der Waals surface area contributed by atoms with Crippen LogP contribution in [0.2, 0.25) is 0 Å². The predicted octanol–water partition coefficient (Wildman–Crippen LogP) is 6.29. The van der Waals surface area contributed by atoms with E-state index >= 15 is 0 Å². The number of benzene rings is 3. The van der Waals surface area contributed by atoms with Crippen LogP contribution >= 0.6 is 0 Å². The van der Waals surface area contributed by atoms with Crippen LogP contribution in [0.25, 0.3) is 0 Å². The van der Waals surface area contributed by atoms with Gasteiger partial charge in [-0.2, -0.15) is 0 Å². The van der Waals surface area contributed by atoms with E-state index in [1.54, 1.807) is 23.1 Å². The van der Waals surface area contributed by atoms with Gasteiger partial charge in [-0.3, -0.25) is 9.69 Å². The molecule has 3 amide bonds. The van der Waals surface area contributed by atoms with Gasteiger partial charge in [-0.15, -0.1) is 0 Å². The van der Waals surface area contributed by atoms with Crippen LogP contribution in [-0.2, 0) is 6.54 Å². The number of fused-ring (bicyclic) bond motifs is 1. The maximum Gasteiger partial charge on any atom is 0.319 e. The van der Waals surface area contributed by atoms with E-state index in [1.807, 2.05) is 49.4 Å². The van der Waals surface area contributed by atoms with Crippen LogP contribution in [0.3, 0.4) is 0 Å². The molecule has 1 fully saturated rings. The fourth-order valence-corrected chi connectivity index (χ4v) is 6.09. The summed E-state index contributed by atoms with van der Waals surface area (Å²) in [6.07, 6.45) is 5.21. The van der Waals surface area contributed by atoms with Crippen LogP contribution in [0.4, 0.5) is 10.5 Å². The summed E-state index contributed by atoms with van der Waals surface area (Å²) in [4.78, 5) is 30.5. The number of likely N-dealkylation sites (N-methyl/N-ethyl adjacent to an activating group) is 1. The number of urea groups is 1. The first-order chi connectivity index (χ1) is 21.8. The molecule has 0 saturated heterocycles. The van der Waals surface area contributed by atoms with Crippen molar-refractivity contribution in [2.24, 2.45) is 5.92 Å². The molecule has 1 heterocycles. The maximum atomic E-state index is 13.8. The zero-order valence-electron chi connectivity index (χ0n) is 26.6. The number of rotatable bonds is 10. The third-order valence-corrected chi connectivity index (χ3v) is 8.71. The van der Waals surface area contributed by atoms with Crippen molar-refractivity contribution >= 4 is 17.6 Å². The van der Waals surface area contributed by atoms with Crippen LogP contribution in [-0.4, -0.2) is 71.8 Å². The number of carbonyl (C=O) groups is 2. The van der Waals surface area contributed by atoms with Crippen molar-refractivity contribution in [1.82, 2.24) is 15.1 Å². The molecule has 9 nitrogen and oxygen atoms in total. The Morgan fingerprint density at radius 2 is 1.76 bits per heavy atom. The van der Waals surface area contributed by atoms with Gasteiger partial charge in [0.05, 0.1) is 18.2 Å². The highest BCUT2D eigenvalue weighted by Crippen LogP contribution is 2.31. The first-order valence-electron chi connectivity index (χ1n) is 16.1. The van der Waals surface area contributed by atoms with Crippen molar-refractivity contribution in [3.63, 3.8) is 0 Å². The normalized spacial score (nSPS) is 19.6. The summed E-state index contributed by atoms with van der Waals surface area (Å²) >= 11 is 0. The van der Waals surface area contributed by atoms with Crippen molar-refractivity contribution in [2.75, 3.05) is 32.1 Å². The zero-order valence-corrected chi connectivity index (χ0v) is 26.6. The molecular formula is C36H46N4O5. The number of nitrogens with zero attached hydrogens (tertiary/aromatic N) is 2. The highest BCUT2D eigenvalue weighted by molar-refractivity contribution is 5.99. The minimum absolute atomic E-state index is 0.000675. The fraction of sp³-hybridized carbons (Fsp3) is 0.444. The topological polar surface area (TPSA) is 103 Å². The standard InChI is InChI=1S/C36H46N4O5/c1-25-21-40(26(2)24-41)35(42)32-20-29(38-36(43)37-28-10-6-4-7-11-28)16-19-33(32)45-34(25)23-39(3)22-27-14-17-31(18-15-27)44-30-12-8-5-9-13-30/h5,8-9,12-20,25-26,28,34,41H,4,6-7,10-11,21-24H2,1-3H3,(H2,37,38,43)/t25-,26-,34-/m1/s1. The van der Waals surface area contributed by atoms with Crippen molar-refractivity contribution in [1.29, 1.82) is 0 Å². The average Bonchev–Trinajstić information content (AvgIpc) is 3.04. The van der Waals surface area contributed by atoms with Gasteiger partial charge in [-0.05, 0) is 74.8 Å². The Hall–Kier alpha value is -4.08. The summed E-state index contributed by atoms with van der Waals surface area (Å²) < 4.78 is 12.5. The van der Waals surface area contributed by atoms with Crippen molar-refractivity contribution < 1.29 is 24.2 Å². The third-order valence-electron chi connectivity index (χ3n) is 8.71. The van der Waals surface area contributed by atoms with E-state index in [-0.39, 0.29) is 42.7 Å². The Labute approximate surface area is 266 Å². The molecule has 1 aliphatic heterocycles. The van der Waals surface area contributed by atoms with Crippen molar-refractivity contribution in [3.8, 4) is 17.2 Å². The van der Waals surface area contributed by atoms with Gasteiger partial charge >= 0.3 is 6.03 Å². The van der Waals surface area contributed by atoms with Crippen LogP contribution in [0.1, 0.15) is 61.9 Å². The molecule has 240 valence electrons. The number of amides is 3. The lowest BCUT2D eigenvalue weighted by Gasteiger charge is -2.38. The van der Waals surface area contributed by atoms with E-state index in [0.29, 0.717) is 36.6 Å². The molecule has 3 N–H and O–H groups in total. The van der Waals surface area contributed by atoms with Gasteiger partial charge in [0.15, 0.2) is 0 Å². The van der Waals surface area contributed by atoms with E-state index in [4.69, 9.17) is 9.47 Å². The van der Waals surface area contributed by atoms with Gasteiger partial charge in [0.2, 0.25) is 0 Å². The zero-order chi connectivity index (χ0) is 31.8. The van der Waals surface area contributed by atoms with Crippen LogP contribution in [0.15, 0.2) is 72.8 Å². The molecule has 3 aromatic rings. The molecule has 0 radical (unpaired) electrons. The molecular weight excluding hydrogens is 568 g/mol. The maximum absolute atomic E-state index is 13.8. The minimum Gasteiger partial charge on any atom is -0.488 e. The lowest BCUT2D eigenvalue weighted by molar-refractivity contribution is 0.0341. The van der Waals surface area contributed by atoms with Crippen LogP contribution in [0, 0.1) is 5.92 Å². The average molecular weight is 615 g/mol. The number of ether oxygens (including phenoxy) is 2. The molecule has 45 heavy (non-hydrogen) atoms. The largest absolute Gasteiger partial charge is 0.488 e. The number of hydrogen-bond acceptors (Lipinski definition) is 6. The predicted molar refractivity (Wildman–Crippen MR) is 176 cm³/mol. The Morgan fingerprint density at radius 3 is 2.47 bits per heavy atom. The number of carbonyl (C=O) groups excluding carboxylic acids is 2. The summed E-state index contributed by atoms with van der Waals surface area (Å²) in [5, 5.41) is 16.0. The lowest BCUT2D eigenvalue weighted by Crippen LogP contribution is -2.49. The van der Waals surface area contributed by atoms with E-state index in [9.17, 15) is 14.7 Å². The number of aliphatic hydroxyl groups excluding tert-OH is 1. The Kier molecular flexibility index (Phi) is 11.0. The van der Waals surface area contributed by atoms with Gasteiger partial charge in [0.25, 0.3) is 5.91 Å².